The van der Waals surface area contributed by atoms with Crippen LogP contribution in [-0.2, 0) is 0 Å². The molecule has 0 aromatic heterocycles. The van der Waals surface area contributed by atoms with Gasteiger partial charge in [-0.25, -0.2) is 0 Å². The van der Waals surface area contributed by atoms with E-state index in [1.807, 2.05) is 0 Å². The van der Waals surface area contributed by atoms with E-state index in [1.54, 1.807) is 6.08 Å². The maximum Gasteiger partial charge on any atom is -0.0166 e. The van der Waals surface area contributed by atoms with Crippen LogP contribution in [0.25, 0.3) is 0 Å². The molecule has 0 atom stereocenters. The molecule has 15 heavy (non-hydrogen) atoms. The Kier molecular flexibility index (Phi) is 12.1. The Morgan fingerprint density at radius 2 is 1.40 bits per heavy atom. The van der Waals surface area contributed by atoms with Crippen LogP contribution in [0.5, 0.6) is 0 Å². The van der Waals surface area contributed by atoms with E-state index in [1.165, 1.54) is 25.7 Å². The molecular weight excluding hydrogens is 180 g/mol. The molecule has 1 radical (unpaired) electrons. The molecule has 0 rings (SSSR count). The van der Waals surface area contributed by atoms with Gasteiger partial charge in [-0.3, -0.25) is 0 Å². The van der Waals surface area contributed by atoms with Crippen molar-refractivity contribution in [3.05, 3.63) is 49.1 Å². The van der Waals surface area contributed by atoms with Crippen molar-refractivity contribution < 1.29 is 0 Å². The molecule has 0 aliphatic carbocycles. The molecule has 0 aromatic carbocycles. The predicted octanol–water partition coefficient (Wildman–Crippen LogP) is 5.00. The highest BCUT2D eigenvalue weighted by atomic mass is 13.9. The lowest BCUT2D eigenvalue weighted by Gasteiger charge is -1.92. The van der Waals surface area contributed by atoms with E-state index in [-0.39, 0.29) is 0 Å². The summed E-state index contributed by atoms with van der Waals surface area (Å²) in [4.78, 5) is 0. The van der Waals surface area contributed by atoms with Gasteiger partial charge in [-0.05, 0) is 45.4 Å². The van der Waals surface area contributed by atoms with E-state index in [9.17, 15) is 0 Å². The normalized spacial score (nSPS) is 12.1. The van der Waals surface area contributed by atoms with Crippen molar-refractivity contribution in [2.24, 2.45) is 0 Å². The number of rotatable bonds is 9. The van der Waals surface area contributed by atoms with Crippen molar-refractivity contribution in [1.29, 1.82) is 0 Å². The monoisotopic (exact) mass is 203 g/mol. The Hall–Kier alpha value is -1.04. The number of allylic oxidation sites excluding steroid dienone is 7. The third-order valence-corrected chi connectivity index (χ3v) is 2.10. The minimum absolute atomic E-state index is 0.892. The molecule has 0 N–H and O–H groups in total. The molecule has 0 unspecified atom stereocenters. The molecule has 0 aliphatic rings. The minimum Gasteiger partial charge on any atom is -0.0914 e. The summed E-state index contributed by atoms with van der Waals surface area (Å²) in [5.41, 5.74) is 0. The van der Waals surface area contributed by atoms with Crippen LogP contribution in [0.4, 0.5) is 0 Å². The zero-order valence-electron chi connectivity index (χ0n) is 9.86. The summed E-state index contributed by atoms with van der Waals surface area (Å²) in [5.74, 6) is 0. The lowest BCUT2D eigenvalue weighted by atomic mass is 10.1. The largest absolute Gasteiger partial charge is 0.0914 e. The summed E-state index contributed by atoms with van der Waals surface area (Å²) < 4.78 is 0. The van der Waals surface area contributed by atoms with E-state index < -0.39 is 0 Å². The smallest absolute Gasteiger partial charge is 0.0166 e. The lowest BCUT2D eigenvalue weighted by Crippen LogP contribution is -1.72. The van der Waals surface area contributed by atoms with Crippen LogP contribution < -0.4 is 0 Å². The minimum atomic E-state index is 0.892. The van der Waals surface area contributed by atoms with E-state index in [4.69, 9.17) is 6.58 Å². The van der Waals surface area contributed by atoms with Crippen molar-refractivity contribution in [2.45, 2.75) is 45.4 Å². The van der Waals surface area contributed by atoms with Crippen LogP contribution in [0.2, 0.25) is 0 Å². The molecule has 0 saturated heterocycles. The van der Waals surface area contributed by atoms with Gasteiger partial charge in [-0.2, -0.15) is 0 Å². The van der Waals surface area contributed by atoms with E-state index >= 15 is 0 Å². The Bertz CT molecular complexity index is 206. The second kappa shape index (κ2) is 13.0. The van der Waals surface area contributed by atoms with Gasteiger partial charge in [0.2, 0.25) is 0 Å². The lowest BCUT2D eigenvalue weighted by molar-refractivity contribution is 0.760. The summed E-state index contributed by atoms with van der Waals surface area (Å²) in [6.45, 7) is 7.31. The predicted molar refractivity (Wildman–Crippen MR) is 69.7 cm³/mol. The van der Waals surface area contributed by atoms with Crippen molar-refractivity contribution in [3.8, 4) is 0 Å². The van der Waals surface area contributed by atoms with Crippen LogP contribution in [0.1, 0.15) is 45.4 Å². The average molecular weight is 203 g/mol. The first kappa shape index (κ1) is 14.0. The molecule has 0 heteroatoms. The molecule has 0 saturated carbocycles. The summed E-state index contributed by atoms with van der Waals surface area (Å²) in [7, 11) is 0. The van der Waals surface area contributed by atoms with Gasteiger partial charge >= 0.3 is 0 Å². The van der Waals surface area contributed by atoms with Crippen molar-refractivity contribution in [2.75, 3.05) is 0 Å². The molecule has 0 bridgehead atoms. The third-order valence-electron chi connectivity index (χ3n) is 2.10. The quantitative estimate of drug-likeness (QED) is 0.365. The van der Waals surface area contributed by atoms with Gasteiger partial charge in [0.25, 0.3) is 0 Å². The SMILES string of the molecule is [CH]=CCC=CCCCCC=CCC=CC. The molecule has 83 valence electrons. The third kappa shape index (κ3) is 13.0. The number of hydrogen-bond donors (Lipinski definition) is 0. The zero-order valence-corrected chi connectivity index (χ0v) is 9.86. The van der Waals surface area contributed by atoms with Gasteiger partial charge in [-0.15, -0.1) is 0 Å². The topological polar surface area (TPSA) is 0 Å². The van der Waals surface area contributed by atoms with Crippen LogP contribution >= 0.6 is 0 Å². The summed E-state index contributed by atoms with van der Waals surface area (Å²) in [6.07, 6.45) is 21.7. The van der Waals surface area contributed by atoms with Gasteiger partial charge in [-0.1, -0.05) is 49.1 Å². The van der Waals surface area contributed by atoms with Gasteiger partial charge in [0.05, 0.1) is 0 Å². The fraction of sp³-hybridized carbons (Fsp3) is 0.467. The molecule has 0 fully saturated rings. The molecule has 0 nitrogen and oxygen atoms in total. The molecule has 0 spiro atoms. The summed E-state index contributed by atoms with van der Waals surface area (Å²) >= 11 is 0. The van der Waals surface area contributed by atoms with Crippen molar-refractivity contribution in [3.63, 3.8) is 0 Å². The average Bonchev–Trinajstić information content (AvgIpc) is 2.26. The van der Waals surface area contributed by atoms with Gasteiger partial charge in [0.1, 0.15) is 0 Å². The van der Waals surface area contributed by atoms with Crippen molar-refractivity contribution in [1.82, 2.24) is 0 Å². The molecule has 0 aliphatic heterocycles. The fourth-order valence-corrected chi connectivity index (χ4v) is 1.25. The summed E-state index contributed by atoms with van der Waals surface area (Å²) in [6, 6.07) is 0. The summed E-state index contributed by atoms with van der Waals surface area (Å²) in [5, 5.41) is 0. The van der Waals surface area contributed by atoms with E-state index in [0.29, 0.717) is 0 Å². The second-order valence-electron chi connectivity index (χ2n) is 3.50. The van der Waals surface area contributed by atoms with Gasteiger partial charge < -0.3 is 0 Å². The molecule has 0 aromatic rings. The first-order valence-corrected chi connectivity index (χ1v) is 5.86. The maximum absolute atomic E-state index is 5.26. The Morgan fingerprint density at radius 3 is 1.93 bits per heavy atom. The van der Waals surface area contributed by atoms with Gasteiger partial charge in [0, 0.05) is 0 Å². The molecular formula is C15H23. The van der Waals surface area contributed by atoms with Crippen LogP contribution in [-0.4, -0.2) is 0 Å². The first-order valence-electron chi connectivity index (χ1n) is 5.86. The highest BCUT2D eigenvalue weighted by Crippen LogP contribution is 2.02. The fourth-order valence-electron chi connectivity index (χ4n) is 1.25. The molecule has 0 heterocycles. The number of unbranched alkanes of at least 4 members (excludes halogenated alkanes) is 3. The van der Waals surface area contributed by atoms with Gasteiger partial charge in [0.15, 0.2) is 0 Å². The Labute approximate surface area is 95.1 Å². The maximum atomic E-state index is 5.26. The molecule has 0 amide bonds. The highest BCUT2D eigenvalue weighted by Gasteiger charge is 1.82. The Balaban J connectivity index is 3.17. The number of hydrogen-bond acceptors (Lipinski definition) is 0. The highest BCUT2D eigenvalue weighted by molar-refractivity contribution is 4.91. The van der Waals surface area contributed by atoms with E-state index in [0.717, 1.165) is 12.8 Å². The Morgan fingerprint density at radius 1 is 0.800 bits per heavy atom. The zero-order chi connectivity index (χ0) is 11.2. The second-order valence-corrected chi connectivity index (χ2v) is 3.50. The first-order chi connectivity index (χ1) is 7.41. The standard InChI is InChI=1S/C15H23/c1-3-5-7-9-11-13-15-14-12-10-8-6-4-2/h1,3-4,6-7,9-10,12H,5,8,11,13-15H2,2H3. The van der Waals surface area contributed by atoms with Crippen LogP contribution in [0, 0.1) is 6.58 Å². The van der Waals surface area contributed by atoms with Crippen molar-refractivity contribution >= 4 is 0 Å². The van der Waals surface area contributed by atoms with Crippen LogP contribution in [0.15, 0.2) is 42.5 Å². The van der Waals surface area contributed by atoms with Crippen LogP contribution in [0.3, 0.4) is 0 Å². The van der Waals surface area contributed by atoms with E-state index in [2.05, 4.69) is 43.4 Å².